The number of carbonyl (C=O) groups is 16. The molecular weight excluding hydrogens is 1480 g/mol. The van der Waals surface area contributed by atoms with Gasteiger partial charge in [-0.05, 0) is 126 Å². The normalized spacial score (nSPS) is 24.4. The van der Waals surface area contributed by atoms with Gasteiger partial charge in [-0.25, -0.2) is 4.79 Å². The first kappa shape index (κ1) is 100. The fraction of sp³-hybridized carbons (Fsp3) is 0.784. The number of aliphatic carboxylic acids is 2. The van der Waals surface area contributed by atoms with Crippen LogP contribution in [-0.2, 0) is 86.2 Å². The third-order valence-electron chi connectivity index (χ3n) is 21.2. The molecule has 23 N–H and O–H groups in total. The largest absolute Gasteiger partial charge is 0.481 e. The summed E-state index contributed by atoms with van der Waals surface area (Å²) in [7, 11) is 2.31. The summed E-state index contributed by atoms with van der Waals surface area (Å²) < 4.78 is 11.7. The maximum atomic E-state index is 15.5. The fourth-order valence-corrected chi connectivity index (χ4v) is 13.5. The van der Waals surface area contributed by atoms with Gasteiger partial charge >= 0.3 is 17.9 Å². The van der Waals surface area contributed by atoms with Gasteiger partial charge in [-0.15, -0.1) is 0 Å². The molecule has 2 rings (SSSR count). The molecular formula is C74H129N15O24. The van der Waals surface area contributed by atoms with E-state index in [-0.39, 0.29) is 82.8 Å². The highest BCUT2D eigenvalue weighted by molar-refractivity contribution is 6.00. The monoisotopic (exact) mass is 1610 g/mol. The number of amides is 13. The van der Waals surface area contributed by atoms with Gasteiger partial charge in [0, 0.05) is 39.5 Å². The molecule has 2 aliphatic heterocycles. The standard InChI is InChI=1S/C74H129N15O24/c1-15-20-37(6)32-38(7)58(96)42(11)63(100)80-45(21-18-28-75)64(101)79-44(24-27-53(92)93)59(97)60(98)71(108)85-55(40(9)41(10)62(78)99)68(105)87-57-61(39(8)36(4)5)113-74(111)51-23-16-17-30-89(51)73(110)48(33-54(94)95)83-69(106)56(43(12)112-14)86-67(104)50(25-26-52(77)91)88(13)72(109)47(31-35(2)3)82-65(102)46(22-19-29-76)81-66(103)49(34-90)84-70(57)107/h35-51,55-61,90,96-98H,15-34,75-76H2,1-14H3,(H2,77,91)(H2,78,99)(H,79,101)(H,80,100)(H,81,103)(H,82,102)(H,83,106)(H,84,107)(H,85,108)(H,86,104)(H,87,105)(H,92,93)(H,94,95)/t37-,38-,39-,40+,41-,42-,43-,44+,45-,46-,47+,48-,49-,50+,51+,55+,56+,57-,58-,59-,60-,61+/m1/s1. The molecule has 0 unspecified atom stereocenters. The minimum Gasteiger partial charge on any atom is -0.481 e. The summed E-state index contributed by atoms with van der Waals surface area (Å²) in [6.45, 7) is 17.4. The fourth-order valence-electron chi connectivity index (χ4n) is 13.5. The number of nitrogens with two attached hydrogens (primary N) is 4. The second kappa shape index (κ2) is 49.1. The molecule has 0 aliphatic carbocycles. The quantitative estimate of drug-likeness (QED) is 0.0259. The van der Waals surface area contributed by atoms with Crippen LogP contribution in [0, 0.1) is 47.3 Å². The summed E-state index contributed by atoms with van der Waals surface area (Å²) >= 11 is 0. The Balaban J connectivity index is 3.11. The Labute approximate surface area is 660 Å². The van der Waals surface area contributed by atoms with Crippen LogP contribution in [0.4, 0.5) is 0 Å². The molecule has 22 atom stereocenters. The van der Waals surface area contributed by atoms with Crippen molar-refractivity contribution in [3.63, 3.8) is 0 Å². The Hall–Kier alpha value is -8.76. The third kappa shape index (κ3) is 31.5. The zero-order chi connectivity index (χ0) is 86.2. The molecule has 0 aromatic rings. The first-order valence-electron chi connectivity index (χ1n) is 39.0. The van der Waals surface area contributed by atoms with Crippen molar-refractivity contribution < 1.29 is 117 Å². The topological polar surface area (TPSA) is 632 Å². The third-order valence-corrected chi connectivity index (χ3v) is 21.2. The molecule has 0 aromatic heterocycles. The van der Waals surface area contributed by atoms with Crippen molar-refractivity contribution in [2.24, 2.45) is 70.3 Å². The molecule has 0 aromatic carbocycles. The Morgan fingerprint density at radius 3 is 1.79 bits per heavy atom. The van der Waals surface area contributed by atoms with Crippen LogP contribution in [0.5, 0.6) is 0 Å². The van der Waals surface area contributed by atoms with Crippen LogP contribution < -0.4 is 70.8 Å². The van der Waals surface area contributed by atoms with Crippen molar-refractivity contribution in [1.29, 1.82) is 0 Å². The molecule has 2 fully saturated rings. The molecule has 0 bridgehead atoms. The van der Waals surface area contributed by atoms with Gasteiger partial charge < -0.3 is 121 Å². The number of hydrogen-bond acceptors (Lipinski definition) is 24. The molecule has 113 heavy (non-hydrogen) atoms. The van der Waals surface area contributed by atoms with E-state index in [4.69, 9.17) is 32.4 Å². The lowest BCUT2D eigenvalue weighted by Gasteiger charge is -2.39. The highest BCUT2D eigenvalue weighted by Crippen LogP contribution is 2.29. The minimum atomic E-state index is -2.73. The minimum absolute atomic E-state index is 0.0142. The van der Waals surface area contributed by atoms with Crippen LogP contribution >= 0.6 is 0 Å². The van der Waals surface area contributed by atoms with E-state index in [1.165, 1.54) is 34.6 Å². The Morgan fingerprint density at radius 1 is 0.637 bits per heavy atom. The molecule has 2 saturated heterocycles. The Kier molecular flexibility index (Phi) is 43.6. The number of rotatable bonds is 40. The summed E-state index contributed by atoms with van der Waals surface area (Å²) in [6, 6.07) is -20.3. The molecule has 644 valence electrons. The zero-order valence-corrected chi connectivity index (χ0v) is 67.7. The van der Waals surface area contributed by atoms with E-state index < -0.39 is 266 Å². The van der Waals surface area contributed by atoms with Gasteiger partial charge in [0.2, 0.25) is 70.9 Å². The van der Waals surface area contributed by atoms with Gasteiger partial charge in [0.15, 0.2) is 6.10 Å². The van der Waals surface area contributed by atoms with Crippen LogP contribution in [-0.4, -0.2) is 273 Å². The lowest BCUT2D eigenvalue weighted by atomic mass is 9.85. The number of aliphatic hydroxyl groups excluding tert-OH is 4. The Bertz CT molecular complexity index is 3220. The average Bonchev–Trinajstić information content (AvgIpc) is 0.930. The summed E-state index contributed by atoms with van der Waals surface area (Å²) in [4.78, 5) is 229. The maximum Gasteiger partial charge on any atom is 0.329 e. The molecule has 13 amide bonds. The maximum absolute atomic E-state index is 15.5. The van der Waals surface area contributed by atoms with E-state index in [1.54, 1.807) is 34.6 Å². The van der Waals surface area contributed by atoms with Crippen LogP contribution in [0.15, 0.2) is 0 Å². The first-order valence-corrected chi connectivity index (χ1v) is 39.0. The number of likely N-dealkylation sites (N-methyl/N-ethyl adjacent to an activating group) is 1. The predicted molar refractivity (Wildman–Crippen MR) is 407 cm³/mol. The number of esters is 1. The summed E-state index contributed by atoms with van der Waals surface area (Å²) in [5.74, 6) is -25.9. The van der Waals surface area contributed by atoms with Crippen LogP contribution in [0.3, 0.4) is 0 Å². The molecule has 0 saturated carbocycles. The van der Waals surface area contributed by atoms with Gasteiger partial charge in [0.25, 0.3) is 5.91 Å². The number of nitrogens with one attached hydrogen (secondary N) is 9. The van der Waals surface area contributed by atoms with Gasteiger partial charge in [0.1, 0.15) is 72.6 Å². The second-order valence-electron chi connectivity index (χ2n) is 30.9. The summed E-state index contributed by atoms with van der Waals surface area (Å²) in [5.41, 5.74) is 23.0. The zero-order valence-electron chi connectivity index (χ0n) is 67.7. The number of hydrogen-bond donors (Lipinski definition) is 19. The number of fused-ring (bicyclic) bond motifs is 1. The number of ether oxygens (including phenoxy) is 2. The predicted octanol–water partition coefficient (Wildman–Crippen LogP) is -4.13. The highest BCUT2D eigenvalue weighted by atomic mass is 16.5. The van der Waals surface area contributed by atoms with E-state index in [0.717, 1.165) is 36.8 Å². The van der Waals surface area contributed by atoms with Crippen molar-refractivity contribution in [3.05, 3.63) is 0 Å². The number of aliphatic hydroxyl groups is 4. The number of carboxylic acids is 2. The molecule has 0 radical (unpaired) electrons. The lowest BCUT2D eigenvalue weighted by Crippen LogP contribution is -2.65. The summed E-state index contributed by atoms with van der Waals surface area (Å²) in [5, 5.41) is 88.0. The number of nitrogens with zero attached hydrogens (tertiary/aromatic N) is 2. The lowest BCUT2D eigenvalue weighted by molar-refractivity contribution is -0.168. The number of cyclic esters (lactones) is 1. The van der Waals surface area contributed by atoms with Crippen molar-refractivity contribution in [3.8, 4) is 0 Å². The van der Waals surface area contributed by atoms with Crippen LogP contribution in [0.25, 0.3) is 0 Å². The first-order chi connectivity index (χ1) is 52.8. The highest BCUT2D eigenvalue weighted by Gasteiger charge is 2.48. The van der Waals surface area contributed by atoms with Crippen molar-refractivity contribution in [2.45, 2.75) is 283 Å². The number of carboxylic acid groups (broad SMARTS) is 2. The van der Waals surface area contributed by atoms with Crippen molar-refractivity contribution in [1.82, 2.24) is 57.7 Å². The van der Waals surface area contributed by atoms with Gasteiger partial charge in [0.05, 0.1) is 37.2 Å². The Morgan fingerprint density at radius 2 is 1.24 bits per heavy atom. The molecule has 39 heteroatoms. The van der Waals surface area contributed by atoms with E-state index >= 15 is 19.2 Å². The van der Waals surface area contributed by atoms with Crippen molar-refractivity contribution in [2.75, 3.05) is 40.4 Å². The van der Waals surface area contributed by atoms with E-state index in [2.05, 4.69) is 47.9 Å². The molecule has 2 heterocycles. The van der Waals surface area contributed by atoms with Gasteiger partial charge in [-0.3, -0.25) is 71.9 Å². The molecule has 2 aliphatic rings. The van der Waals surface area contributed by atoms with E-state index in [9.17, 15) is 88.2 Å². The summed E-state index contributed by atoms with van der Waals surface area (Å²) in [6.07, 6.45) is -11.2. The molecule has 0 spiro atoms. The molecule has 39 nitrogen and oxygen atoms in total. The number of carbonyl (C=O) groups excluding carboxylic acids is 14. The van der Waals surface area contributed by atoms with Crippen molar-refractivity contribution >= 4 is 94.7 Å². The average molecular weight is 1610 g/mol. The number of primary amides is 2. The van der Waals surface area contributed by atoms with Crippen LogP contribution in [0.2, 0.25) is 0 Å². The SMILES string of the molecule is CCC[C@@H](C)C[C@@H](C)[C@@H](O)[C@@H](C)C(=O)N[C@H](CCCN)C(=O)N[C@@H](CCC(=O)O)[C@@H](O)[C@@H](O)C(=O)N[C@H](C(=O)N[C@H]1C(=O)N[C@H](CO)C(=O)N[C@H](CCCN)C(=O)N[C@@H](CC(C)C)C(=O)N(C)[C@@H](CCC(N)=O)C(=O)N[C@@H]([C@@H](C)OC)C(=O)N[C@H](CC(=O)O)C(=O)N2CCCC[C@H]2C(=O)O[C@H]1[C@H](C)C(C)C)[C@@H](C)[C@@H](C)C(N)=O. The van der Waals surface area contributed by atoms with E-state index in [1.807, 2.05) is 13.8 Å². The number of piperidine rings is 1. The van der Waals surface area contributed by atoms with Gasteiger partial charge in [-0.1, -0.05) is 89.0 Å². The van der Waals surface area contributed by atoms with Gasteiger partial charge in [-0.2, -0.15) is 0 Å². The second-order valence-corrected chi connectivity index (χ2v) is 30.9. The number of methoxy groups -OCH3 is 1. The van der Waals surface area contributed by atoms with E-state index in [0.29, 0.717) is 6.42 Å². The van der Waals surface area contributed by atoms with Crippen LogP contribution in [0.1, 0.15) is 186 Å². The smallest absolute Gasteiger partial charge is 0.329 e.